The van der Waals surface area contributed by atoms with Crippen molar-refractivity contribution >= 4 is 29.9 Å². The van der Waals surface area contributed by atoms with Gasteiger partial charge in [-0.1, -0.05) is 18.9 Å². The molecular weight excluding hydrogens is 498 g/mol. The number of ether oxygens (including phenoxy) is 2. The summed E-state index contributed by atoms with van der Waals surface area (Å²) in [4.78, 5) is 4.16. The van der Waals surface area contributed by atoms with E-state index in [1.54, 1.807) is 7.05 Å². The summed E-state index contributed by atoms with van der Waals surface area (Å²) in [5.41, 5.74) is 0.201. The number of nitrogens with zero attached hydrogens (tertiary/aromatic N) is 1. The Bertz CT molecular complexity index is 641. The molecule has 166 valence electrons. The first-order chi connectivity index (χ1) is 13.5. The first kappa shape index (κ1) is 25.8. The molecule has 1 aromatic carbocycles. The van der Waals surface area contributed by atoms with Crippen LogP contribution in [-0.4, -0.2) is 39.4 Å². The summed E-state index contributed by atoms with van der Waals surface area (Å²) in [6, 6.07) is 3.88. The normalized spacial score (nSPS) is 15.9. The van der Waals surface area contributed by atoms with Crippen LogP contribution in [0.15, 0.2) is 23.2 Å². The molecular formula is C20H31F3IN3O2. The van der Waals surface area contributed by atoms with Crippen LogP contribution in [0.2, 0.25) is 0 Å². The molecule has 0 spiro atoms. The minimum atomic E-state index is -3.01. The smallest absolute Gasteiger partial charge is 0.387 e. The van der Waals surface area contributed by atoms with E-state index in [-0.39, 0.29) is 47.2 Å². The molecule has 0 saturated heterocycles. The van der Waals surface area contributed by atoms with Gasteiger partial charge in [0.15, 0.2) is 5.96 Å². The van der Waals surface area contributed by atoms with Crippen molar-refractivity contribution in [1.29, 1.82) is 0 Å². The highest BCUT2D eigenvalue weighted by molar-refractivity contribution is 14.0. The molecule has 0 aromatic heterocycles. The second kappa shape index (κ2) is 13.1. The molecule has 0 amide bonds. The maximum atomic E-state index is 14.1. The van der Waals surface area contributed by atoms with E-state index in [2.05, 4.69) is 20.4 Å². The van der Waals surface area contributed by atoms with Crippen molar-refractivity contribution in [1.82, 2.24) is 10.6 Å². The lowest BCUT2D eigenvalue weighted by molar-refractivity contribution is -0.0506. The maximum absolute atomic E-state index is 14.1. The van der Waals surface area contributed by atoms with E-state index in [1.807, 2.05) is 6.92 Å². The topological polar surface area (TPSA) is 54.9 Å². The summed E-state index contributed by atoms with van der Waals surface area (Å²) in [5, 5.41) is 6.29. The SMILES string of the molecule is CCOCCC1(CNC(=NC)NCc2c(F)cccc2OC(F)F)CCCC1.I. The summed E-state index contributed by atoms with van der Waals surface area (Å²) in [5.74, 6) is -0.291. The lowest BCUT2D eigenvalue weighted by Crippen LogP contribution is -2.43. The van der Waals surface area contributed by atoms with Crippen LogP contribution < -0.4 is 15.4 Å². The zero-order chi connectivity index (χ0) is 20.4. The van der Waals surface area contributed by atoms with Crippen molar-refractivity contribution < 1.29 is 22.6 Å². The molecule has 2 N–H and O–H groups in total. The molecule has 9 heteroatoms. The van der Waals surface area contributed by atoms with Gasteiger partial charge >= 0.3 is 6.61 Å². The molecule has 1 aliphatic carbocycles. The minimum absolute atomic E-state index is 0. The number of rotatable bonds is 10. The molecule has 2 rings (SSSR count). The van der Waals surface area contributed by atoms with Crippen LogP contribution in [0.25, 0.3) is 0 Å². The highest BCUT2D eigenvalue weighted by Gasteiger charge is 2.33. The Kier molecular flexibility index (Phi) is 11.7. The fourth-order valence-corrected chi connectivity index (χ4v) is 3.65. The molecule has 0 radical (unpaired) electrons. The molecule has 0 unspecified atom stereocenters. The van der Waals surface area contributed by atoms with Gasteiger partial charge in [0.2, 0.25) is 0 Å². The Morgan fingerprint density at radius 1 is 1.24 bits per heavy atom. The molecule has 0 aliphatic heterocycles. The first-order valence-electron chi connectivity index (χ1n) is 9.74. The predicted molar refractivity (Wildman–Crippen MR) is 119 cm³/mol. The number of guanidine groups is 1. The van der Waals surface area contributed by atoms with Crippen molar-refractivity contribution in [2.45, 2.75) is 52.2 Å². The zero-order valence-electron chi connectivity index (χ0n) is 17.0. The Labute approximate surface area is 187 Å². The van der Waals surface area contributed by atoms with E-state index in [1.165, 1.54) is 31.0 Å². The van der Waals surface area contributed by atoms with E-state index in [9.17, 15) is 13.2 Å². The fraction of sp³-hybridized carbons (Fsp3) is 0.650. The number of halogens is 4. The molecule has 1 aliphatic rings. The third-order valence-electron chi connectivity index (χ3n) is 5.22. The lowest BCUT2D eigenvalue weighted by Gasteiger charge is -2.30. The Balaban J connectivity index is 0.00000420. The van der Waals surface area contributed by atoms with Gasteiger partial charge in [-0.3, -0.25) is 4.99 Å². The van der Waals surface area contributed by atoms with Gasteiger partial charge in [-0.25, -0.2) is 4.39 Å². The minimum Gasteiger partial charge on any atom is -0.434 e. The average Bonchev–Trinajstić information content (AvgIpc) is 3.12. The summed E-state index contributed by atoms with van der Waals surface area (Å²) >= 11 is 0. The quantitative estimate of drug-likeness (QED) is 0.200. The molecule has 5 nitrogen and oxygen atoms in total. The summed E-state index contributed by atoms with van der Waals surface area (Å²) in [6.45, 7) is 1.13. The lowest BCUT2D eigenvalue weighted by atomic mass is 9.83. The van der Waals surface area contributed by atoms with Gasteiger partial charge in [0.05, 0.1) is 0 Å². The van der Waals surface area contributed by atoms with Crippen molar-refractivity contribution in [2.75, 3.05) is 26.8 Å². The van der Waals surface area contributed by atoms with Crippen molar-refractivity contribution in [3.8, 4) is 5.75 Å². The number of aliphatic imine (C=N–C) groups is 1. The maximum Gasteiger partial charge on any atom is 0.387 e. The van der Waals surface area contributed by atoms with E-state index >= 15 is 0 Å². The van der Waals surface area contributed by atoms with E-state index in [0.29, 0.717) is 12.6 Å². The second-order valence-corrected chi connectivity index (χ2v) is 7.03. The van der Waals surface area contributed by atoms with Crippen molar-refractivity contribution in [3.63, 3.8) is 0 Å². The highest BCUT2D eigenvalue weighted by atomic mass is 127. The van der Waals surface area contributed by atoms with Crippen LogP contribution in [-0.2, 0) is 11.3 Å². The molecule has 1 fully saturated rings. The Morgan fingerprint density at radius 2 is 1.97 bits per heavy atom. The molecule has 0 atom stereocenters. The summed E-state index contributed by atoms with van der Waals surface area (Å²) in [7, 11) is 1.62. The van der Waals surface area contributed by atoms with E-state index < -0.39 is 12.4 Å². The number of alkyl halides is 2. The van der Waals surface area contributed by atoms with Gasteiger partial charge in [-0.15, -0.1) is 24.0 Å². The van der Waals surface area contributed by atoms with Crippen molar-refractivity contribution in [2.24, 2.45) is 10.4 Å². The van der Waals surface area contributed by atoms with Crippen LogP contribution in [0.3, 0.4) is 0 Å². The largest absolute Gasteiger partial charge is 0.434 e. The third kappa shape index (κ3) is 8.19. The van der Waals surface area contributed by atoms with E-state index in [0.717, 1.165) is 32.4 Å². The Morgan fingerprint density at radius 3 is 2.59 bits per heavy atom. The van der Waals surface area contributed by atoms with Crippen LogP contribution in [0.5, 0.6) is 5.75 Å². The van der Waals surface area contributed by atoms with Crippen LogP contribution >= 0.6 is 24.0 Å². The van der Waals surface area contributed by atoms with Gasteiger partial charge in [0, 0.05) is 38.9 Å². The van der Waals surface area contributed by atoms with Gasteiger partial charge in [0.25, 0.3) is 0 Å². The monoisotopic (exact) mass is 529 g/mol. The van der Waals surface area contributed by atoms with Gasteiger partial charge in [0.1, 0.15) is 11.6 Å². The molecule has 1 saturated carbocycles. The molecule has 0 bridgehead atoms. The summed E-state index contributed by atoms with van der Waals surface area (Å²) in [6.07, 6.45) is 5.63. The van der Waals surface area contributed by atoms with Crippen LogP contribution in [0, 0.1) is 11.2 Å². The van der Waals surface area contributed by atoms with Crippen LogP contribution in [0.4, 0.5) is 13.2 Å². The predicted octanol–water partition coefficient (Wildman–Crippen LogP) is 4.70. The standard InChI is InChI=1S/C20H30F3N3O2.HI/c1-3-27-12-11-20(9-4-5-10-20)14-26-19(24-2)25-13-15-16(21)7-6-8-17(15)28-18(22)23;/h6-8,18H,3-5,9-14H2,1-2H3,(H2,24,25,26);1H. The molecule has 0 heterocycles. The van der Waals surface area contributed by atoms with Gasteiger partial charge in [-0.2, -0.15) is 8.78 Å². The highest BCUT2D eigenvalue weighted by Crippen LogP contribution is 2.40. The fourth-order valence-electron chi connectivity index (χ4n) is 3.65. The molecule has 1 aromatic rings. The summed E-state index contributed by atoms with van der Waals surface area (Å²) < 4.78 is 49.1. The number of hydrogen-bond acceptors (Lipinski definition) is 3. The van der Waals surface area contributed by atoms with Crippen molar-refractivity contribution in [3.05, 3.63) is 29.6 Å². The van der Waals surface area contributed by atoms with E-state index in [4.69, 9.17) is 4.74 Å². The van der Waals surface area contributed by atoms with Crippen LogP contribution in [0.1, 0.15) is 44.6 Å². The Hall–Kier alpha value is -1.23. The number of nitrogens with one attached hydrogen (secondary N) is 2. The van der Waals surface area contributed by atoms with Gasteiger partial charge in [-0.05, 0) is 43.7 Å². The zero-order valence-corrected chi connectivity index (χ0v) is 19.3. The molecule has 29 heavy (non-hydrogen) atoms. The number of hydrogen-bond donors (Lipinski definition) is 2. The van der Waals surface area contributed by atoms with Gasteiger partial charge < -0.3 is 20.1 Å². The third-order valence-corrected chi connectivity index (χ3v) is 5.22. The average molecular weight is 529 g/mol. The number of benzene rings is 1. The second-order valence-electron chi connectivity index (χ2n) is 7.03. The first-order valence-corrected chi connectivity index (χ1v) is 9.74.